The number of hydrogen-bond donors (Lipinski definition) is 2. The molecule has 22 heavy (non-hydrogen) atoms. The van der Waals surface area contributed by atoms with Crippen molar-refractivity contribution in [2.75, 3.05) is 0 Å². The van der Waals surface area contributed by atoms with E-state index in [2.05, 4.69) is 4.98 Å². The predicted octanol–water partition coefficient (Wildman–Crippen LogP) is 4.60. The topological polar surface area (TPSA) is 75.9 Å². The number of pyridine rings is 1. The van der Waals surface area contributed by atoms with Gasteiger partial charge >= 0.3 is 0 Å². The van der Waals surface area contributed by atoms with Crippen LogP contribution in [0.5, 0.6) is 0 Å². The van der Waals surface area contributed by atoms with Gasteiger partial charge in [-0.15, -0.1) is 0 Å². The molecule has 0 aliphatic heterocycles. The molecule has 0 fully saturated rings. The molecule has 0 unspecified atom stereocenters. The molecule has 0 aliphatic rings. The number of aromatic nitrogens is 1. The number of benzene rings is 1. The van der Waals surface area contributed by atoms with Crippen molar-refractivity contribution in [2.24, 2.45) is 5.73 Å². The molecule has 2 heterocycles. The van der Waals surface area contributed by atoms with Crippen LogP contribution in [0.25, 0.3) is 22.8 Å². The summed E-state index contributed by atoms with van der Waals surface area (Å²) < 4.78 is 5.80. The van der Waals surface area contributed by atoms with Crippen LogP contribution < -0.4 is 5.73 Å². The third-order valence-corrected chi connectivity index (χ3v) is 3.52. The molecule has 0 atom stereocenters. The van der Waals surface area contributed by atoms with E-state index < -0.39 is 0 Å². The lowest BCUT2D eigenvalue weighted by Crippen LogP contribution is -2.11. The average Bonchev–Trinajstić information content (AvgIpc) is 2.96. The maximum atomic E-state index is 7.36. The minimum absolute atomic E-state index is 0.0206. The molecule has 0 aliphatic carbocycles. The number of furan rings is 1. The Bertz CT molecular complexity index is 821. The van der Waals surface area contributed by atoms with Crippen LogP contribution in [0.2, 0.25) is 10.0 Å². The van der Waals surface area contributed by atoms with E-state index in [1.807, 2.05) is 12.1 Å². The van der Waals surface area contributed by atoms with E-state index in [0.29, 0.717) is 32.8 Å². The molecule has 0 amide bonds. The first kappa shape index (κ1) is 14.6. The van der Waals surface area contributed by atoms with Crippen molar-refractivity contribution in [2.45, 2.75) is 0 Å². The normalized spacial score (nSPS) is 10.6. The second kappa shape index (κ2) is 5.83. The second-order valence-corrected chi connectivity index (χ2v) is 5.54. The Kier molecular flexibility index (Phi) is 3.88. The van der Waals surface area contributed by atoms with Gasteiger partial charge in [-0.1, -0.05) is 23.2 Å². The Hall–Kier alpha value is -2.30. The summed E-state index contributed by atoms with van der Waals surface area (Å²) in [5.74, 6) is 1.24. The highest BCUT2D eigenvalue weighted by molar-refractivity contribution is 6.35. The van der Waals surface area contributed by atoms with Crippen molar-refractivity contribution >= 4 is 29.0 Å². The summed E-state index contributed by atoms with van der Waals surface area (Å²) in [6.07, 6.45) is 1.54. The SMILES string of the molecule is N=C(N)c1ccc(-c2ccc(-c3cc(Cl)cc(Cl)c3)o2)nc1. The molecular formula is C16H11Cl2N3O. The van der Waals surface area contributed by atoms with Gasteiger partial charge in [-0.05, 0) is 42.5 Å². The van der Waals surface area contributed by atoms with Crippen molar-refractivity contribution in [3.63, 3.8) is 0 Å². The van der Waals surface area contributed by atoms with Crippen LogP contribution in [0, 0.1) is 5.41 Å². The smallest absolute Gasteiger partial charge is 0.153 e. The number of nitrogen functional groups attached to an aromatic ring is 1. The molecule has 3 aromatic rings. The highest BCUT2D eigenvalue weighted by atomic mass is 35.5. The maximum Gasteiger partial charge on any atom is 0.153 e. The summed E-state index contributed by atoms with van der Waals surface area (Å²) in [6.45, 7) is 0. The van der Waals surface area contributed by atoms with Crippen molar-refractivity contribution < 1.29 is 4.42 Å². The van der Waals surface area contributed by atoms with Crippen molar-refractivity contribution in [3.05, 3.63) is 64.3 Å². The molecule has 110 valence electrons. The molecule has 0 radical (unpaired) electrons. The van der Waals surface area contributed by atoms with E-state index >= 15 is 0 Å². The fourth-order valence-corrected chi connectivity index (χ4v) is 2.55. The van der Waals surface area contributed by atoms with E-state index in [-0.39, 0.29) is 5.84 Å². The van der Waals surface area contributed by atoms with Crippen molar-refractivity contribution in [1.29, 1.82) is 5.41 Å². The molecule has 0 spiro atoms. The van der Waals surface area contributed by atoms with E-state index in [4.69, 9.17) is 38.8 Å². The van der Waals surface area contributed by atoms with Gasteiger partial charge in [0.2, 0.25) is 0 Å². The number of rotatable bonds is 3. The van der Waals surface area contributed by atoms with Gasteiger partial charge in [-0.3, -0.25) is 10.4 Å². The molecule has 0 saturated heterocycles. The molecule has 4 nitrogen and oxygen atoms in total. The zero-order valence-electron chi connectivity index (χ0n) is 11.3. The molecule has 3 rings (SSSR count). The first-order valence-electron chi connectivity index (χ1n) is 6.40. The molecule has 0 bridgehead atoms. The molecule has 0 saturated carbocycles. The molecule has 6 heteroatoms. The molecular weight excluding hydrogens is 321 g/mol. The standard InChI is InChI=1S/C16H11Cl2N3O/c17-11-5-10(6-12(18)7-11)14-3-4-15(22-14)13-2-1-9(8-21-13)16(19)20/h1-8H,(H3,19,20). The van der Waals surface area contributed by atoms with Gasteiger partial charge in [0.05, 0.1) is 0 Å². The van der Waals surface area contributed by atoms with Gasteiger partial charge in [0.25, 0.3) is 0 Å². The summed E-state index contributed by atoms with van der Waals surface area (Å²) in [5.41, 5.74) is 7.42. The number of nitrogens with zero attached hydrogens (tertiary/aromatic N) is 1. The summed E-state index contributed by atoms with van der Waals surface area (Å²) in [7, 11) is 0. The molecule has 3 N–H and O–H groups in total. The Morgan fingerprint density at radius 3 is 2.27 bits per heavy atom. The third kappa shape index (κ3) is 2.98. The van der Waals surface area contributed by atoms with Crippen LogP contribution in [0.3, 0.4) is 0 Å². The van der Waals surface area contributed by atoms with Crippen LogP contribution in [-0.2, 0) is 0 Å². The van der Waals surface area contributed by atoms with Crippen LogP contribution in [0.4, 0.5) is 0 Å². The van der Waals surface area contributed by atoms with Crippen LogP contribution in [0.1, 0.15) is 5.56 Å². The number of hydrogen-bond acceptors (Lipinski definition) is 3. The van der Waals surface area contributed by atoms with Crippen LogP contribution in [0.15, 0.2) is 53.1 Å². The zero-order chi connectivity index (χ0) is 15.7. The van der Waals surface area contributed by atoms with E-state index in [0.717, 1.165) is 5.56 Å². The number of amidine groups is 1. The lowest BCUT2D eigenvalue weighted by molar-refractivity contribution is 0.595. The third-order valence-electron chi connectivity index (χ3n) is 3.08. The first-order valence-corrected chi connectivity index (χ1v) is 7.15. The minimum atomic E-state index is -0.0206. The van der Waals surface area contributed by atoms with E-state index in [1.54, 1.807) is 30.3 Å². The van der Waals surface area contributed by atoms with Gasteiger partial charge in [0, 0.05) is 27.4 Å². The Balaban J connectivity index is 1.94. The molecule has 1 aromatic carbocycles. The summed E-state index contributed by atoms with van der Waals surface area (Å²) >= 11 is 12.0. The van der Waals surface area contributed by atoms with Crippen LogP contribution in [-0.4, -0.2) is 10.8 Å². The van der Waals surface area contributed by atoms with Crippen molar-refractivity contribution in [3.8, 4) is 22.8 Å². The second-order valence-electron chi connectivity index (χ2n) is 4.67. The monoisotopic (exact) mass is 331 g/mol. The van der Waals surface area contributed by atoms with Gasteiger partial charge < -0.3 is 10.2 Å². The highest BCUT2D eigenvalue weighted by Crippen LogP contribution is 2.31. The minimum Gasteiger partial charge on any atom is -0.454 e. The fourth-order valence-electron chi connectivity index (χ4n) is 2.03. The summed E-state index contributed by atoms with van der Waals surface area (Å²) in [6, 6.07) is 12.4. The first-order chi connectivity index (χ1) is 10.5. The zero-order valence-corrected chi connectivity index (χ0v) is 12.8. The lowest BCUT2D eigenvalue weighted by Gasteiger charge is -2.01. The Morgan fingerprint density at radius 2 is 1.68 bits per heavy atom. The Morgan fingerprint density at radius 1 is 1.00 bits per heavy atom. The average molecular weight is 332 g/mol. The van der Waals surface area contributed by atoms with Gasteiger partial charge in [-0.25, -0.2) is 0 Å². The number of nitrogens with one attached hydrogen (secondary N) is 1. The van der Waals surface area contributed by atoms with Gasteiger partial charge in [0.15, 0.2) is 5.76 Å². The number of halogens is 2. The largest absolute Gasteiger partial charge is 0.454 e. The summed E-state index contributed by atoms with van der Waals surface area (Å²) in [5, 5.41) is 8.45. The molecule has 2 aromatic heterocycles. The Labute approximate surface area is 137 Å². The number of nitrogens with two attached hydrogens (primary N) is 1. The quantitative estimate of drug-likeness (QED) is 0.544. The lowest BCUT2D eigenvalue weighted by atomic mass is 10.2. The van der Waals surface area contributed by atoms with Crippen molar-refractivity contribution in [1.82, 2.24) is 4.98 Å². The summed E-state index contributed by atoms with van der Waals surface area (Å²) in [4.78, 5) is 4.25. The van der Waals surface area contributed by atoms with Crippen LogP contribution >= 0.6 is 23.2 Å². The van der Waals surface area contributed by atoms with E-state index in [1.165, 1.54) is 6.20 Å². The van der Waals surface area contributed by atoms with E-state index in [9.17, 15) is 0 Å². The maximum absolute atomic E-state index is 7.36. The van der Waals surface area contributed by atoms with Gasteiger partial charge in [-0.2, -0.15) is 0 Å². The highest BCUT2D eigenvalue weighted by Gasteiger charge is 2.09. The predicted molar refractivity (Wildman–Crippen MR) is 88.4 cm³/mol. The fraction of sp³-hybridized carbons (Fsp3) is 0. The van der Waals surface area contributed by atoms with Gasteiger partial charge in [0.1, 0.15) is 17.3 Å².